The summed E-state index contributed by atoms with van der Waals surface area (Å²) in [5.41, 5.74) is 3.69. The number of rotatable bonds is 7. The lowest BCUT2D eigenvalue weighted by atomic mass is 10.1. The SMILES string of the molecule is COc1cc(CNC2CCCCCC2)ccc1OCc1ccccc1C.Cl. The summed E-state index contributed by atoms with van der Waals surface area (Å²) in [5, 5.41) is 3.72. The quantitative estimate of drug-likeness (QED) is 0.605. The summed E-state index contributed by atoms with van der Waals surface area (Å²) >= 11 is 0. The highest BCUT2D eigenvalue weighted by atomic mass is 35.5. The molecule has 0 saturated heterocycles. The maximum Gasteiger partial charge on any atom is 0.161 e. The standard InChI is InChI=1S/C23H31NO2.ClH/c1-18-9-7-8-10-20(18)17-26-22-14-13-19(15-23(22)25-2)16-24-21-11-5-3-4-6-12-21;/h7-10,13-15,21,24H,3-6,11-12,16-17H2,1-2H3;1H. The van der Waals surface area contributed by atoms with Gasteiger partial charge in [-0.15, -0.1) is 12.4 Å². The van der Waals surface area contributed by atoms with Gasteiger partial charge in [0.15, 0.2) is 11.5 Å². The van der Waals surface area contributed by atoms with Gasteiger partial charge in [0.2, 0.25) is 0 Å². The predicted molar refractivity (Wildman–Crippen MR) is 114 cm³/mol. The summed E-state index contributed by atoms with van der Waals surface area (Å²) < 4.78 is 11.6. The molecule has 0 amide bonds. The van der Waals surface area contributed by atoms with Crippen molar-refractivity contribution in [3.63, 3.8) is 0 Å². The number of methoxy groups -OCH3 is 1. The molecule has 27 heavy (non-hydrogen) atoms. The minimum absolute atomic E-state index is 0. The fraction of sp³-hybridized carbons (Fsp3) is 0.478. The summed E-state index contributed by atoms with van der Waals surface area (Å²) in [5.74, 6) is 1.60. The van der Waals surface area contributed by atoms with Gasteiger partial charge in [-0.3, -0.25) is 0 Å². The van der Waals surface area contributed by atoms with Crippen molar-refractivity contribution in [3.05, 3.63) is 59.2 Å². The van der Waals surface area contributed by atoms with Crippen LogP contribution in [0, 0.1) is 6.92 Å². The first-order chi connectivity index (χ1) is 12.8. The number of aryl methyl sites for hydroxylation is 1. The Hall–Kier alpha value is -1.71. The molecule has 0 aromatic heterocycles. The number of hydrogen-bond acceptors (Lipinski definition) is 3. The van der Waals surface area contributed by atoms with E-state index in [2.05, 4.69) is 42.6 Å². The van der Waals surface area contributed by atoms with Crippen LogP contribution in [0.4, 0.5) is 0 Å². The van der Waals surface area contributed by atoms with E-state index in [-0.39, 0.29) is 12.4 Å². The Morgan fingerprint density at radius 1 is 0.963 bits per heavy atom. The number of benzene rings is 2. The van der Waals surface area contributed by atoms with E-state index >= 15 is 0 Å². The zero-order chi connectivity index (χ0) is 18.2. The van der Waals surface area contributed by atoms with Crippen molar-refractivity contribution in [1.29, 1.82) is 0 Å². The molecule has 0 aliphatic heterocycles. The maximum atomic E-state index is 6.02. The van der Waals surface area contributed by atoms with E-state index in [1.54, 1.807) is 7.11 Å². The molecule has 0 heterocycles. The normalized spacial score (nSPS) is 14.9. The highest BCUT2D eigenvalue weighted by Gasteiger charge is 2.12. The fourth-order valence-corrected chi connectivity index (χ4v) is 3.61. The molecule has 3 nitrogen and oxygen atoms in total. The Balaban J connectivity index is 0.00000261. The van der Waals surface area contributed by atoms with E-state index in [1.165, 1.54) is 55.2 Å². The lowest BCUT2D eigenvalue weighted by molar-refractivity contribution is 0.283. The fourth-order valence-electron chi connectivity index (χ4n) is 3.61. The monoisotopic (exact) mass is 389 g/mol. The molecule has 3 rings (SSSR count). The first-order valence-corrected chi connectivity index (χ1v) is 9.84. The Morgan fingerprint density at radius 3 is 2.41 bits per heavy atom. The highest BCUT2D eigenvalue weighted by Crippen LogP contribution is 2.29. The molecular weight excluding hydrogens is 358 g/mol. The summed E-state index contributed by atoms with van der Waals surface area (Å²) in [6.07, 6.45) is 8.08. The van der Waals surface area contributed by atoms with E-state index in [9.17, 15) is 0 Å². The van der Waals surface area contributed by atoms with E-state index in [1.807, 2.05) is 12.1 Å². The van der Waals surface area contributed by atoms with Crippen molar-refractivity contribution in [1.82, 2.24) is 5.32 Å². The van der Waals surface area contributed by atoms with E-state index in [0.29, 0.717) is 12.6 Å². The van der Waals surface area contributed by atoms with E-state index in [0.717, 1.165) is 18.0 Å². The smallest absolute Gasteiger partial charge is 0.161 e. The minimum atomic E-state index is 0. The van der Waals surface area contributed by atoms with Gasteiger partial charge in [-0.2, -0.15) is 0 Å². The van der Waals surface area contributed by atoms with Crippen LogP contribution in [-0.2, 0) is 13.2 Å². The Bertz CT molecular complexity index is 697. The van der Waals surface area contributed by atoms with Gasteiger partial charge in [0.1, 0.15) is 6.61 Å². The molecule has 1 N–H and O–H groups in total. The largest absolute Gasteiger partial charge is 0.493 e. The second-order valence-corrected chi connectivity index (χ2v) is 7.27. The van der Waals surface area contributed by atoms with Gasteiger partial charge in [-0.05, 0) is 48.6 Å². The van der Waals surface area contributed by atoms with Crippen LogP contribution in [0.2, 0.25) is 0 Å². The molecule has 0 atom stereocenters. The van der Waals surface area contributed by atoms with Crippen LogP contribution in [0.25, 0.3) is 0 Å². The van der Waals surface area contributed by atoms with Crippen molar-refractivity contribution >= 4 is 12.4 Å². The summed E-state index contributed by atoms with van der Waals surface area (Å²) in [7, 11) is 1.71. The van der Waals surface area contributed by atoms with Crippen molar-refractivity contribution in [3.8, 4) is 11.5 Å². The third-order valence-corrected chi connectivity index (χ3v) is 5.32. The van der Waals surface area contributed by atoms with Gasteiger partial charge in [0.05, 0.1) is 7.11 Å². The molecule has 1 aliphatic rings. The van der Waals surface area contributed by atoms with Crippen molar-refractivity contribution < 1.29 is 9.47 Å². The first-order valence-electron chi connectivity index (χ1n) is 9.84. The van der Waals surface area contributed by atoms with Crippen molar-refractivity contribution in [2.24, 2.45) is 0 Å². The zero-order valence-electron chi connectivity index (χ0n) is 16.5. The van der Waals surface area contributed by atoms with Gasteiger partial charge in [0, 0.05) is 12.6 Å². The Labute approximate surface area is 169 Å². The van der Waals surface area contributed by atoms with Gasteiger partial charge in [-0.25, -0.2) is 0 Å². The number of ether oxygens (including phenoxy) is 2. The van der Waals surface area contributed by atoms with Crippen molar-refractivity contribution in [2.45, 2.75) is 64.6 Å². The highest BCUT2D eigenvalue weighted by molar-refractivity contribution is 5.85. The van der Waals surface area contributed by atoms with Gasteiger partial charge in [0.25, 0.3) is 0 Å². The van der Waals surface area contributed by atoms with Gasteiger partial charge < -0.3 is 14.8 Å². The molecule has 1 fully saturated rings. The summed E-state index contributed by atoms with van der Waals surface area (Å²) in [6, 6.07) is 15.2. The molecule has 0 bridgehead atoms. The lowest BCUT2D eigenvalue weighted by Gasteiger charge is -2.17. The summed E-state index contributed by atoms with van der Waals surface area (Å²) in [6.45, 7) is 3.56. The minimum Gasteiger partial charge on any atom is -0.493 e. The Morgan fingerprint density at radius 2 is 1.70 bits per heavy atom. The topological polar surface area (TPSA) is 30.5 Å². The van der Waals surface area contributed by atoms with E-state index in [4.69, 9.17) is 9.47 Å². The average molecular weight is 390 g/mol. The zero-order valence-corrected chi connectivity index (χ0v) is 17.3. The Kier molecular flexibility index (Phi) is 8.96. The second kappa shape index (κ2) is 11.2. The number of halogens is 1. The number of nitrogens with one attached hydrogen (secondary N) is 1. The van der Waals surface area contributed by atoms with Crippen LogP contribution in [0.3, 0.4) is 0 Å². The third-order valence-electron chi connectivity index (χ3n) is 5.32. The van der Waals surface area contributed by atoms with Gasteiger partial charge >= 0.3 is 0 Å². The molecule has 148 valence electrons. The molecule has 0 spiro atoms. The van der Waals surface area contributed by atoms with Gasteiger partial charge in [-0.1, -0.05) is 56.0 Å². The molecule has 2 aromatic rings. The molecule has 4 heteroatoms. The van der Waals surface area contributed by atoms with Crippen LogP contribution < -0.4 is 14.8 Å². The molecule has 0 unspecified atom stereocenters. The number of hydrogen-bond donors (Lipinski definition) is 1. The maximum absolute atomic E-state index is 6.02. The molecule has 0 radical (unpaired) electrons. The van der Waals surface area contributed by atoms with Crippen molar-refractivity contribution in [2.75, 3.05) is 7.11 Å². The molecule has 1 aliphatic carbocycles. The first kappa shape index (κ1) is 21.6. The molecular formula is C23H32ClNO2. The third kappa shape index (κ3) is 6.44. The molecule has 1 saturated carbocycles. The predicted octanol–water partition coefficient (Wildman–Crippen LogP) is 5.82. The van der Waals surface area contributed by atoms with Crippen LogP contribution in [-0.4, -0.2) is 13.2 Å². The lowest BCUT2D eigenvalue weighted by Crippen LogP contribution is -2.27. The summed E-state index contributed by atoms with van der Waals surface area (Å²) in [4.78, 5) is 0. The van der Waals surface area contributed by atoms with Crippen LogP contribution in [0.15, 0.2) is 42.5 Å². The van der Waals surface area contributed by atoms with Crippen LogP contribution in [0.1, 0.15) is 55.2 Å². The average Bonchev–Trinajstić information content (AvgIpc) is 2.95. The second-order valence-electron chi connectivity index (χ2n) is 7.27. The van der Waals surface area contributed by atoms with Crippen LogP contribution >= 0.6 is 12.4 Å². The molecule has 2 aromatic carbocycles. The van der Waals surface area contributed by atoms with E-state index < -0.39 is 0 Å². The van der Waals surface area contributed by atoms with Crippen LogP contribution in [0.5, 0.6) is 11.5 Å².